The number of rotatable bonds is 7. The molecule has 2 aromatic heterocycles. The number of alkyl halides is 3. The number of likely N-dealkylation sites (tertiary alicyclic amines) is 1. The molecule has 7 nitrogen and oxygen atoms in total. The number of carbonyl (C=O) groups excluding carboxylic acids is 1. The van der Waals surface area contributed by atoms with Crippen LogP contribution < -0.4 is 10.6 Å². The Kier molecular flexibility index (Phi) is 8.38. The maximum absolute atomic E-state index is 13.5. The fraction of sp³-hybridized carbons (Fsp3) is 0.448. The third-order valence-corrected chi connectivity index (χ3v) is 7.38. The molecule has 0 atom stereocenters. The summed E-state index contributed by atoms with van der Waals surface area (Å²) < 4.78 is 47.3. The Bertz CT molecular complexity index is 1330. The van der Waals surface area contributed by atoms with Crippen LogP contribution in [0.1, 0.15) is 41.9 Å². The molecular formula is C29H32F3N5O2. The van der Waals surface area contributed by atoms with Gasteiger partial charge < -0.3 is 24.8 Å². The first-order chi connectivity index (χ1) is 18.9. The van der Waals surface area contributed by atoms with Crippen molar-refractivity contribution < 1.29 is 22.7 Å². The fourth-order valence-electron chi connectivity index (χ4n) is 5.40. The minimum atomic E-state index is -4.38. The molecular weight excluding hydrogens is 507 g/mol. The summed E-state index contributed by atoms with van der Waals surface area (Å²) in [4.78, 5) is 17.3. The van der Waals surface area contributed by atoms with Gasteiger partial charge in [-0.25, -0.2) is 0 Å². The van der Waals surface area contributed by atoms with Crippen LogP contribution in [0.4, 0.5) is 24.5 Å². The molecule has 0 amide bonds. The molecule has 2 N–H and O–H groups in total. The molecule has 0 bridgehead atoms. The second kappa shape index (κ2) is 12.1. The van der Waals surface area contributed by atoms with Crippen LogP contribution in [-0.4, -0.2) is 71.8 Å². The first-order valence-corrected chi connectivity index (χ1v) is 13.3. The third kappa shape index (κ3) is 6.91. The molecule has 0 radical (unpaired) electrons. The molecule has 2 fully saturated rings. The number of fused-ring (bicyclic) bond motifs is 1. The predicted octanol–water partition coefficient (Wildman–Crippen LogP) is 4.93. The number of nitrogens with one attached hydrogen (secondary N) is 2. The highest BCUT2D eigenvalue weighted by Gasteiger charge is 2.30. The number of pyridine rings is 1. The lowest BCUT2D eigenvalue weighted by Crippen LogP contribution is -2.46. The molecule has 2 aliphatic heterocycles. The van der Waals surface area contributed by atoms with Gasteiger partial charge in [0.05, 0.1) is 29.6 Å². The number of carbonyl (C=O) groups is 1. The van der Waals surface area contributed by atoms with Crippen molar-refractivity contribution in [2.45, 2.75) is 50.5 Å². The van der Waals surface area contributed by atoms with Gasteiger partial charge in [-0.1, -0.05) is 12.0 Å². The zero-order chi connectivity index (χ0) is 27.2. The van der Waals surface area contributed by atoms with Crippen molar-refractivity contribution in [2.24, 2.45) is 0 Å². The molecule has 0 saturated carbocycles. The predicted molar refractivity (Wildman–Crippen MR) is 145 cm³/mol. The first-order valence-electron chi connectivity index (χ1n) is 13.3. The Labute approximate surface area is 225 Å². The Morgan fingerprint density at radius 2 is 1.90 bits per heavy atom. The summed E-state index contributed by atoms with van der Waals surface area (Å²) in [5.41, 5.74) is 2.63. The van der Waals surface area contributed by atoms with Crippen LogP contribution in [0.2, 0.25) is 0 Å². The van der Waals surface area contributed by atoms with E-state index in [1.807, 2.05) is 6.07 Å². The lowest BCUT2D eigenvalue weighted by atomic mass is 9.99. The van der Waals surface area contributed by atoms with Crippen LogP contribution in [0.3, 0.4) is 0 Å². The van der Waals surface area contributed by atoms with E-state index in [9.17, 15) is 18.0 Å². The second-order valence-electron chi connectivity index (χ2n) is 10.0. The van der Waals surface area contributed by atoms with E-state index in [0.717, 1.165) is 63.1 Å². The van der Waals surface area contributed by atoms with Crippen molar-refractivity contribution in [3.8, 4) is 11.8 Å². The van der Waals surface area contributed by atoms with Gasteiger partial charge in [0.25, 0.3) is 0 Å². The van der Waals surface area contributed by atoms with E-state index in [1.165, 1.54) is 10.8 Å². The summed E-state index contributed by atoms with van der Waals surface area (Å²) in [5.74, 6) is 5.84. The lowest BCUT2D eigenvalue weighted by Gasteiger charge is -2.39. The van der Waals surface area contributed by atoms with Gasteiger partial charge in [-0.3, -0.25) is 9.78 Å². The van der Waals surface area contributed by atoms with Crippen molar-refractivity contribution in [3.05, 3.63) is 54.0 Å². The number of anilines is 2. The molecule has 5 rings (SSSR count). The van der Waals surface area contributed by atoms with Gasteiger partial charge in [-0.05, 0) is 61.9 Å². The molecule has 2 saturated heterocycles. The van der Waals surface area contributed by atoms with Gasteiger partial charge in [0.15, 0.2) is 6.29 Å². The van der Waals surface area contributed by atoms with Crippen molar-refractivity contribution in [2.75, 3.05) is 43.5 Å². The summed E-state index contributed by atoms with van der Waals surface area (Å²) in [6, 6.07) is 11.3. The Morgan fingerprint density at radius 3 is 2.59 bits per heavy atom. The number of hydrogen-bond acceptors (Lipinski definition) is 6. The summed E-state index contributed by atoms with van der Waals surface area (Å²) in [6.45, 7) is 2.76. The lowest BCUT2D eigenvalue weighted by molar-refractivity contribution is -0.140. The smallest absolute Gasteiger partial charge is 0.382 e. The van der Waals surface area contributed by atoms with Crippen LogP contribution >= 0.6 is 0 Å². The average Bonchev–Trinajstić information content (AvgIpc) is 3.29. The number of piperidine rings is 1. The van der Waals surface area contributed by atoms with Crippen molar-refractivity contribution in [1.82, 2.24) is 14.5 Å². The minimum Gasteiger partial charge on any atom is -0.382 e. The first kappa shape index (κ1) is 27.0. The van der Waals surface area contributed by atoms with E-state index in [1.54, 1.807) is 30.3 Å². The summed E-state index contributed by atoms with van der Waals surface area (Å²) in [7, 11) is 0. The molecule has 4 heterocycles. The van der Waals surface area contributed by atoms with E-state index in [2.05, 4.69) is 32.4 Å². The van der Waals surface area contributed by atoms with Gasteiger partial charge in [0.1, 0.15) is 12.2 Å². The molecule has 206 valence electrons. The largest absolute Gasteiger partial charge is 0.406 e. The van der Waals surface area contributed by atoms with Crippen LogP contribution in [-0.2, 0) is 11.3 Å². The second-order valence-corrected chi connectivity index (χ2v) is 10.0. The maximum atomic E-state index is 13.5. The number of ether oxygens (including phenoxy) is 1. The molecule has 3 aromatic rings. The van der Waals surface area contributed by atoms with Crippen molar-refractivity contribution in [1.29, 1.82) is 0 Å². The number of benzene rings is 1. The third-order valence-electron chi connectivity index (χ3n) is 7.38. The van der Waals surface area contributed by atoms with E-state index < -0.39 is 12.7 Å². The normalized spacial score (nSPS) is 17.5. The van der Waals surface area contributed by atoms with Crippen molar-refractivity contribution >= 4 is 28.6 Å². The monoisotopic (exact) mass is 539 g/mol. The van der Waals surface area contributed by atoms with Crippen LogP contribution in [0.25, 0.3) is 10.9 Å². The molecule has 39 heavy (non-hydrogen) atoms. The zero-order valence-electron chi connectivity index (χ0n) is 21.6. The molecule has 1 aromatic carbocycles. The van der Waals surface area contributed by atoms with Gasteiger partial charge >= 0.3 is 6.18 Å². The van der Waals surface area contributed by atoms with Gasteiger partial charge in [0.2, 0.25) is 0 Å². The molecule has 0 aliphatic carbocycles. The highest BCUT2D eigenvalue weighted by atomic mass is 19.4. The number of aldehydes is 1. The average molecular weight is 540 g/mol. The van der Waals surface area contributed by atoms with Gasteiger partial charge in [-0.2, -0.15) is 13.2 Å². The SMILES string of the molecule is O=Cc1ccc(NCC#Cc2cc3c(NC4CCN(C5CCOCC5)CC4)cccc3n2CC(F)(F)F)cn1. The number of halogens is 3. The van der Waals surface area contributed by atoms with Crippen LogP contribution in [0.15, 0.2) is 42.6 Å². The maximum Gasteiger partial charge on any atom is 0.406 e. The topological polar surface area (TPSA) is 71.4 Å². The van der Waals surface area contributed by atoms with Gasteiger partial charge in [-0.15, -0.1) is 0 Å². The van der Waals surface area contributed by atoms with E-state index >= 15 is 0 Å². The number of aromatic nitrogens is 2. The van der Waals surface area contributed by atoms with E-state index in [-0.39, 0.29) is 12.6 Å². The highest BCUT2D eigenvalue weighted by molar-refractivity contribution is 5.94. The molecule has 0 spiro atoms. The Balaban J connectivity index is 1.31. The van der Waals surface area contributed by atoms with E-state index in [0.29, 0.717) is 34.9 Å². The quantitative estimate of drug-likeness (QED) is 0.328. The van der Waals surface area contributed by atoms with Gasteiger partial charge in [0, 0.05) is 49.5 Å². The highest BCUT2D eigenvalue weighted by Crippen LogP contribution is 2.31. The summed E-state index contributed by atoms with van der Waals surface area (Å²) in [5, 5.41) is 7.40. The van der Waals surface area contributed by atoms with Crippen molar-refractivity contribution in [3.63, 3.8) is 0 Å². The Hall–Kier alpha value is -3.55. The number of nitrogens with zero attached hydrogens (tertiary/aromatic N) is 3. The fourth-order valence-corrected chi connectivity index (χ4v) is 5.40. The summed E-state index contributed by atoms with van der Waals surface area (Å²) in [6.07, 6.45) is 1.91. The zero-order valence-corrected chi connectivity index (χ0v) is 21.6. The minimum absolute atomic E-state index is 0.215. The van der Waals surface area contributed by atoms with Crippen LogP contribution in [0, 0.1) is 11.8 Å². The number of hydrogen-bond donors (Lipinski definition) is 2. The molecule has 10 heteroatoms. The van der Waals surface area contributed by atoms with Crippen LogP contribution in [0.5, 0.6) is 0 Å². The Morgan fingerprint density at radius 1 is 1.10 bits per heavy atom. The molecule has 0 unspecified atom stereocenters. The van der Waals surface area contributed by atoms with E-state index in [4.69, 9.17) is 4.74 Å². The molecule has 2 aliphatic rings. The standard InChI is InChI=1S/C29H32F3N5O2/c30-29(31,32)20-37-25(3-2-12-33-22-6-7-23(19-38)34-18-22)17-26-27(4-1-5-28(26)37)35-21-8-13-36(14-9-21)24-10-15-39-16-11-24/h1,4-7,17-19,21,24,33,35H,8-16,20H2. The summed E-state index contributed by atoms with van der Waals surface area (Å²) >= 11 is 0.